The van der Waals surface area contributed by atoms with Gasteiger partial charge in [0.2, 0.25) is 0 Å². The molecule has 3 N–H and O–H groups in total. The van der Waals surface area contributed by atoms with E-state index in [1.807, 2.05) is 11.4 Å². The number of thiazole rings is 1. The van der Waals surface area contributed by atoms with E-state index >= 15 is 0 Å². The highest BCUT2D eigenvalue weighted by Crippen LogP contribution is 2.35. The molecule has 0 saturated carbocycles. The summed E-state index contributed by atoms with van der Waals surface area (Å²) in [7, 11) is 3.48. The summed E-state index contributed by atoms with van der Waals surface area (Å²) < 4.78 is 35.7. The summed E-state index contributed by atoms with van der Waals surface area (Å²) in [5.74, 6) is 0.0649. The molecule has 0 radical (unpaired) electrons. The molecule has 6 rings (SSSR count). The number of likely N-dealkylation sites (tertiary alicyclic amines) is 1. The average molecular weight is 586 g/mol. The first-order valence-corrected chi connectivity index (χ1v) is 14.9. The van der Waals surface area contributed by atoms with Crippen LogP contribution in [0.2, 0.25) is 0 Å². The van der Waals surface area contributed by atoms with Gasteiger partial charge in [-0.2, -0.15) is 0 Å². The van der Waals surface area contributed by atoms with E-state index in [0.29, 0.717) is 52.6 Å². The number of methoxy groups -OCH3 is 1. The fraction of sp³-hybridized carbons (Fsp3) is 0.467. The number of imidazole rings is 1. The van der Waals surface area contributed by atoms with Crippen molar-refractivity contribution in [1.82, 2.24) is 24.9 Å². The number of β-amino-alcohol motifs (C(OH)–C–C–N with tert-alkyl or cyclic N) is 1. The van der Waals surface area contributed by atoms with E-state index in [1.54, 1.807) is 30.5 Å². The van der Waals surface area contributed by atoms with E-state index in [9.17, 15) is 18.7 Å². The number of aldehydes is 1. The molecule has 4 aromatic rings. The predicted molar refractivity (Wildman–Crippen MR) is 158 cm³/mol. The molecular weight excluding hydrogens is 548 g/mol. The lowest BCUT2D eigenvalue weighted by Crippen LogP contribution is -2.35. The molecule has 1 atom stereocenters. The lowest BCUT2D eigenvalue weighted by atomic mass is 9.92. The quantitative estimate of drug-likeness (QED) is 0.209. The summed E-state index contributed by atoms with van der Waals surface area (Å²) in [4.78, 5) is 18.9. The zero-order valence-corrected chi connectivity index (χ0v) is 24.3. The molecule has 0 amide bonds. The number of rotatable bonds is 8. The Morgan fingerprint density at radius 2 is 2.10 bits per heavy atom. The molecule has 0 spiro atoms. The van der Waals surface area contributed by atoms with Gasteiger partial charge >= 0.3 is 0 Å². The maximum atomic E-state index is 14.9. The average Bonchev–Trinajstić information content (AvgIpc) is 3.69. The van der Waals surface area contributed by atoms with E-state index < -0.39 is 17.6 Å². The number of hydrogen-bond donors (Lipinski definition) is 3. The highest BCUT2D eigenvalue weighted by Gasteiger charge is 2.33. The molecule has 2 aromatic heterocycles. The summed E-state index contributed by atoms with van der Waals surface area (Å²) in [6.45, 7) is 5.21. The number of nitrogens with one attached hydrogen (secondary N) is 2. The zero-order chi connectivity index (χ0) is 29.0. The first kappa shape index (κ1) is 29.5. The smallest absolute Gasteiger partial charge is 0.195 e. The minimum absolute atomic E-state index is 0.379. The molecule has 2 aliphatic heterocycles. The van der Waals surface area contributed by atoms with Crippen molar-refractivity contribution in [1.29, 1.82) is 0 Å². The number of hydrogen-bond acceptors (Lipinski definition) is 8. The van der Waals surface area contributed by atoms with Crippen molar-refractivity contribution < 1.29 is 23.4 Å². The van der Waals surface area contributed by atoms with Crippen molar-refractivity contribution in [2.24, 2.45) is 0 Å². The van der Waals surface area contributed by atoms with Gasteiger partial charge in [0.1, 0.15) is 23.3 Å². The van der Waals surface area contributed by atoms with Gasteiger partial charge in [-0.05, 0) is 76.1 Å². The molecule has 4 heterocycles. The second-order valence-electron chi connectivity index (χ2n) is 10.7. The predicted octanol–water partition coefficient (Wildman–Crippen LogP) is 4.39. The van der Waals surface area contributed by atoms with Crippen LogP contribution < -0.4 is 15.4 Å². The van der Waals surface area contributed by atoms with Gasteiger partial charge in [0.25, 0.3) is 0 Å². The molecule has 2 aromatic carbocycles. The standard InChI is InChI=1S/C21H18FN3O3S.C9H19FN2/c1-28-18-8-17-19(6-12(18)10-26)29-20-24-16(9-25(17)20)14-3-2-13(7-15(14)22)21(27)4-5-23-11-21;1-11-5-2-6-12-7-3-9(10)4-8-12/h2-3,6-10,23,27H,4-5,11H2,1H3;9,11H,2-8H2,1H3. The number of benzene rings is 2. The second-order valence-corrected chi connectivity index (χ2v) is 11.7. The van der Waals surface area contributed by atoms with Crippen molar-refractivity contribution in [3.63, 3.8) is 0 Å². The summed E-state index contributed by atoms with van der Waals surface area (Å²) in [6.07, 6.45) is 5.20. The minimum Gasteiger partial charge on any atom is -0.496 e. The van der Waals surface area contributed by atoms with E-state index in [-0.39, 0.29) is 0 Å². The first-order chi connectivity index (χ1) is 19.8. The zero-order valence-electron chi connectivity index (χ0n) is 23.5. The lowest BCUT2D eigenvalue weighted by Gasteiger charge is -2.28. The van der Waals surface area contributed by atoms with Gasteiger partial charge in [-0.3, -0.25) is 9.20 Å². The van der Waals surface area contributed by atoms with Crippen LogP contribution in [0.25, 0.3) is 26.4 Å². The SMILES string of the molecule is CNCCCN1CCC(F)CC1.COc1cc2c(cc1C=O)sc1nc(-c3ccc(C4(O)CCNC4)cc3F)cn12. The number of piperidine rings is 1. The Morgan fingerprint density at radius 1 is 1.29 bits per heavy atom. The van der Waals surface area contributed by atoms with Crippen LogP contribution in [0.5, 0.6) is 5.75 Å². The molecule has 0 aliphatic carbocycles. The second kappa shape index (κ2) is 12.9. The molecule has 2 aliphatic rings. The fourth-order valence-corrected chi connectivity index (χ4v) is 6.52. The number of aliphatic hydroxyl groups is 1. The Kier molecular flexibility index (Phi) is 9.30. The maximum Gasteiger partial charge on any atom is 0.195 e. The molecule has 11 heteroatoms. The summed E-state index contributed by atoms with van der Waals surface area (Å²) in [6, 6.07) is 8.38. The Labute approximate surface area is 242 Å². The van der Waals surface area contributed by atoms with E-state index in [0.717, 1.165) is 55.5 Å². The third kappa shape index (κ3) is 6.44. The van der Waals surface area contributed by atoms with Crippen molar-refractivity contribution in [2.75, 3.05) is 53.4 Å². The van der Waals surface area contributed by atoms with Crippen LogP contribution in [0, 0.1) is 5.82 Å². The van der Waals surface area contributed by atoms with Crippen LogP contribution in [0.1, 0.15) is 41.6 Å². The number of fused-ring (bicyclic) bond motifs is 3. The van der Waals surface area contributed by atoms with E-state index in [2.05, 4.69) is 20.5 Å². The summed E-state index contributed by atoms with van der Waals surface area (Å²) in [5, 5.41) is 16.9. The van der Waals surface area contributed by atoms with Crippen LogP contribution in [-0.4, -0.2) is 85.3 Å². The van der Waals surface area contributed by atoms with Crippen LogP contribution >= 0.6 is 11.3 Å². The number of nitrogens with zero attached hydrogens (tertiary/aromatic N) is 3. The van der Waals surface area contributed by atoms with Gasteiger partial charge in [0, 0.05) is 37.5 Å². The number of alkyl halides is 1. The number of halogens is 2. The number of aromatic nitrogens is 2. The van der Waals surface area contributed by atoms with Gasteiger partial charge in [0.05, 0.1) is 28.6 Å². The van der Waals surface area contributed by atoms with Crippen molar-refractivity contribution in [2.45, 2.75) is 37.5 Å². The molecule has 1 unspecified atom stereocenters. The van der Waals surface area contributed by atoms with Gasteiger partial charge in [-0.1, -0.05) is 17.4 Å². The lowest BCUT2D eigenvalue weighted by molar-refractivity contribution is 0.0584. The Morgan fingerprint density at radius 3 is 2.76 bits per heavy atom. The third-order valence-corrected chi connectivity index (χ3v) is 8.92. The van der Waals surface area contributed by atoms with Crippen molar-refractivity contribution >= 4 is 32.8 Å². The largest absolute Gasteiger partial charge is 0.496 e. The first-order valence-electron chi connectivity index (χ1n) is 14.0. The highest BCUT2D eigenvalue weighted by molar-refractivity contribution is 7.23. The molecule has 2 fully saturated rings. The Bertz CT molecular complexity index is 1490. The maximum absolute atomic E-state index is 14.9. The van der Waals surface area contributed by atoms with Gasteiger partial charge in [-0.15, -0.1) is 0 Å². The van der Waals surface area contributed by atoms with Crippen molar-refractivity contribution in [3.05, 3.63) is 53.5 Å². The molecule has 41 heavy (non-hydrogen) atoms. The van der Waals surface area contributed by atoms with Crippen molar-refractivity contribution in [3.8, 4) is 17.0 Å². The Hall–Kier alpha value is -2.96. The van der Waals surface area contributed by atoms with Crippen LogP contribution in [0.4, 0.5) is 8.78 Å². The van der Waals surface area contributed by atoms with Gasteiger partial charge in [-0.25, -0.2) is 13.8 Å². The molecule has 0 bridgehead atoms. The summed E-state index contributed by atoms with van der Waals surface area (Å²) >= 11 is 1.42. The highest BCUT2D eigenvalue weighted by atomic mass is 32.1. The Balaban J connectivity index is 0.000000237. The fourth-order valence-electron chi connectivity index (χ4n) is 5.48. The van der Waals surface area contributed by atoms with Crippen LogP contribution in [0.3, 0.4) is 0 Å². The van der Waals surface area contributed by atoms with Crippen LogP contribution in [0.15, 0.2) is 36.5 Å². The third-order valence-electron chi connectivity index (χ3n) is 7.91. The summed E-state index contributed by atoms with van der Waals surface area (Å²) in [5.41, 5.74) is 1.75. The van der Waals surface area contributed by atoms with E-state index in [1.165, 1.54) is 30.9 Å². The molecule has 2 saturated heterocycles. The number of carbonyl (C=O) groups excluding carboxylic acids is 1. The normalized spacial score (nSPS) is 19.9. The number of carbonyl (C=O) groups is 1. The monoisotopic (exact) mass is 585 g/mol. The van der Waals surface area contributed by atoms with E-state index in [4.69, 9.17) is 4.74 Å². The molecule has 8 nitrogen and oxygen atoms in total. The minimum atomic E-state index is -1.03. The molecule has 220 valence electrons. The topological polar surface area (TPSA) is 91.1 Å². The number of ether oxygens (including phenoxy) is 1. The molecular formula is C30H37F2N5O3S. The van der Waals surface area contributed by atoms with Crippen LogP contribution in [-0.2, 0) is 5.60 Å². The van der Waals surface area contributed by atoms with Gasteiger partial charge in [0.15, 0.2) is 11.2 Å². The van der Waals surface area contributed by atoms with Gasteiger partial charge < -0.3 is 25.4 Å².